The molecule has 0 bridgehead atoms. The number of rotatable bonds is 6. The van der Waals surface area contributed by atoms with Gasteiger partial charge in [-0.2, -0.15) is 0 Å². The van der Waals surface area contributed by atoms with Crippen LogP contribution in [0.1, 0.15) is 22.7 Å². The fourth-order valence-electron chi connectivity index (χ4n) is 3.89. The first-order valence-corrected chi connectivity index (χ1v) is 10.1. The van der Waals surface area contributed by atoms with Crippen molar-refractivity contribution >= 4 is 17.4 Å². The second-order valence-corrected chi connectivity index (χ2v) is 7.41. The molecule has 1 amide bonds. The minimum Gasteiger partial charge on any atom is -0.507 e. The number of hydrogen-bond donors (Lipinski definition) is 1. The zero-order chi connectivity index (χ0) is 23.5. The molecule has 0 unspecified atom stereocenters. The van der Waals surface area contributed by atoms with Gasteiger partial charge in [0.25, 0.3) is 11.7 Å². The Hall–Kier alpha value is -4.20. The van der Waals surface area contributed by atoms with E-state index in [9.17, 15) is 19.1 Å². The Labute approximate surface area is 189 Å². The number of aliphatic hydroxyl groups is 1. The Balaban J connectivity index is 1.90. The first kappa shape index (κ1) is 22.0. The molecular weight excluding hydrogens is 427 g/mol. The average molecular weight is 448 g/mol. The summed E-state index contributed by atoms with van der Waals surface area (Å²) in [4.78, 5) is 31.5. The quantitative estimate of drug-likeness (QED) is 0.350. The molecule has 33 heavy (non-hydrogen) atoms. The van der Waals surface area contributed by atoms with Crippen LogP contribution in [0.2, 0.25) is 0 Å². The van der Waals surface area contributed by atoms with Crippen molar-refractivity contribution in [1.82, 2.24) is 9.88 Å². The lowest BCUT2D eigenvalue weighted by atomic mass is 9.94. The highest BCUT2D eigenvalue weighted by atomic mass is 19.1. The summed E-state index contributed by atoms with van der Waals surface area (Å²) in [6, 6.07) is 12.8. The first-order chi connectivity index (χ1) is 15.9. The van der Waals surface area contributed by atoms with Crippen molar-refractivity contribution in [3.8, 4) is 11.5 Å². The van der Waals surface area contributed by atoms with Crippen LogP contribution in [0.3, 0.4) is 0 Å². The summed E-state index contributed by atoms with van der Waals surface area (Å²) in [6.45, 7) is 0.0517. The molecule has 1 aliphatic rings. The monoisotopic (exact) mass is 448 g/mol. The van der Waals surface area contributed by atoms with E-state index in [1.807, 2.05) is 0 Å². The van der Waals surface area contributed by atoms with Crippen molar-refractivity contribution in [2.45, 2.75) is 12.6 Å². The van der Waals surface area contributed by atoms with Gasteiger partial charge in [-0.15, -0.1) is 0 Å². The van der Waals surface area contributed by atoms with Gasteiger partial charge in [0.15, 0.2) is 0 Å². The minimum absolute atomic E-state index is 0.0517. The van der Waals surface area contributed by atoms with E-state index in [1.54, 1.807) is 42.7 Å². The van der Waals surface area contributed by atoms with Gasteiger partial charge in [-0.25, -0.2) is 4.39 Å². The number of hydrogen-bond acceptors (Lipinski definition) is 6. The Morgan fingerprint density at radius 1 is 1.09 bits per heavy atom. The van der Waals surface area contributed by atoms with Crippen molar-refractivity contribution in [1.29, 1.82) is 0 Å². The molecule has 1 N–H and O–H groups in total. The van der Waals surface area contributed by atoms with Gasteiger partial charge in [-0.05, 0) is 41.5 Å². The SMILES string of the molecule is COc1ccc(C(O)=C2C(=O)C(=O)N(Cc3cccnc3)[C@@H]2c2cccc(F)c2)c(OC)c1. The summed E-state index contributed by atoms with van der Waals surface area (Å²) in [5, 5.41) is 11.2. The number of aliphatic hydroxyl groups excluding tert-OH is 1. The third kappa shape index (κ3) is 4.15. The predicted molar refractivity (Wildman–Crippen MR) is 118 cm³/mol. The first-order valence-electron chi connectivity index (χ1n) is 10.1. The maximum Gasteiger partial charge on any atom is 0.295 e. The largest absolute Gasteiger partial charge is 0.507 e. The molecule has 1 atom stereocenters. The fourth-order valence-corrected chi connectivity index (χ4v) is 3.89. The normalized spacial score (nSPS) is 17.3. The molecule has 168 valence electrons. The summed E-state index contributed by atoms with van der Waals surface area (Å²) in [5.74, 6) is -1.88. The third-order valence-electron chi connectivity index (χ3n) is 5.44. The van der Waals surface area contributed by atoms with Crippen LogP contribution in [-0.2, 0) is 16.1 Å². The number of likely N-dealkylation sites (tertiary alicyclic amines) is 1. The molecule has 0 aliphatic carbocycles. The van der Waals surface area contributed by atoms with Gasteiger partial charge in [-0.1, -0.05) is 18.2 Å². The van der Waals surface area contributed by atoms with E-state index in [2.05, 4.69) is 4.98 Å². The van der Waals surface area contributed by atoms with Gasteiger partial charge < -0.3 is 19.5 Å². The van der Waals surface area contributed by atoms with Crippen molar-refractivity contribution in [2.24, 2.45) is 0 Å². The number of halogens is 1. The lowest BCUT2D eigenvalue weighted by Gasteiger charge is -2.25. The second kappa shape index (κ2) is 9.12. The van der Waals surface area contributed by atoms with Crippen LogP contribution in [-0.4, -0.2) is 40.9 Å². The topological polar surface area (TPSA) is 89.0 Å². The van der Waals surface area contributed by atoms with Crippen molar-refractivity contribution < 1.29 is 28.6 Å². The van der Waals surface area contributed by atoms with E-state index in [0.717, 1.165) is 0 Å². The van der Waals surface area contributed by atoms with Gasteiger partial charge in [0.1, 0.15) is 23.1 Å². The lowest BCUT2D eigenvalue weighted by Crippen LogP contribution is -2.29. The fraction of sp³-hybridized carbons (Fsp3) is 0.160. The Bertz CT molecular complexity index is 1240. The van der Waals surface area contributed by atoms with Gasteiger partial charge in [0.2, 0.25) is 0 Å². The number of ether oxygens (including phenoxy) is 2. The van der Waals surface area contributed by atoms with Crippen LogP contribution in [0.15, 0.2) is 72.6 Å². The van der Waals surface area contributed by atoms with Crippen LogP contribution in [0.25, 0.3) is 5.76 Å². The van der Waals surface area contributed by atoms with E-state index in [4.69, 9.17) is 9.47 Å². The highest BCUT2D eigenvalue weighted by molar-refractivity contribution is 6.46. The summed E-state index contributed by atoms with van der Waals surface area (Å²) < 4.78 is 24.7. The minimum atomic E-state index is -1.01. The molecule has 1 aromatic heterocycles. The summed E-state index contributed by atoms with van der Waals surface area (Å²) >= 11 is 0. The van der Waals surface area contributed by atoms with E-state index in [0.29, 0.717) is 16.9 Å². The molecule has 0 spiro atoms. The summed E-state index contributed by atoms with van der Waals surface area (Å²) in [6.07, 6.45) is 3.17. The van der Waals surface area contributed by atoms with Gasteiger partial charge in [0.05, 0.1) is 31.4 Å². The molecule has 2 aromatic carbocycles. The number of amides is 1. The summed E-state index contributed by atoms with van der Waals surface area (Å²) in [7, 11) is 2.90. The van der Waals surface area contributed by atoms with Crippen molar-refractivity contribution in [2.75, 3.05) is 14.2 Å². The number of benzene rings is 2. The van der Waals surface area contributed by atoms with E-state index >= 15 is 0 Å². The Kier molecular flexibility index (Phi) is 6.08. The predicted octanol–water partition coefficient (Wildman–Crippen LogP) is 3.86. The third-order valence-corrected chi connectivity index (χ3v) is 5.44. The number of carbonyl (C=O) groups excluding carboxylic acids is 2. The van der Waals surface area contributed by atoms with E-state index < -0.39 is 29.3 Å². The highest BCUT2D eigenvalue weighted by Gasteiger charge is 2.46. The Morgan fingerprint density at radius 3 is 2.58 bits per heavy atom. The van der Waals surface area contributed by atoms with Gasteiger partial charge in [-0.3, -0.25) is 14.6 Å². The molecule has 0 radical (unpaired) electrons. The van der Waals surface area contributed by atoms with E-state index in [-0.39, 0.29) is 23.4 Å². The zero-order valence-corrected chi connectivity index (χ0v) is 18.0. The van der Waals surface area contributed by atoms with Crippen LogP contribution in [0.4, 0.5) is 4.39 Å². The smallest absolute Gasteiger partial charge is 0.295 e. The zero-order valence-electron chi connectivity index (χ0n) is 18.0. The molecule has 1 saturated heterocycles. The number of carbonyl (C=O) groups is 2. The Morgan fingerprint density at radius 2 is 1.91 bits per heavy atom. The summed E-state index contributed by atoms with van der Waals surface area (Å²) in [5.41, 5.74) is 1.09. The van der Waals surface area contributed by atoms with Crippen LogP contribution < -0.4 is 9.47 Å². The lowest BCUT2D eigenvalue weighted by molar-refractivity contribution is -0.140. The number of pyridine rings is 1. The van der Waals surface area contributed by atoms with Crippen molar-refractivity contribution in [3.63, 3.8) is 0 Å². The number of ketones is 1. The van der Waals surface area contributed by atoms with Crippen LogP contribution >= 0.6 is 0 Å². The van der Waals surface area contributed by atoms with Gasteiger partial charge >= 0.3 is 0 Å². The van der Waals surface area contributed by atoms with E-state index in [1.165, 1.54) is 43.4 Å². The molecule has 0 saturated carbocycles. The molecule has 7 nitrogen and oxygen atoms in total. The van der Waals surface area contributed by atoms with Crippen LogP contribution in [0.5, 0.6) is 11.5 Å². The molecular formula is C25H21FN2O5. The van der Waals surface area contributed by atoms with Crippen molar-refractivity contribution in [3.05, 3.63) is 95.1 Å². The maximum absolute atomic E-state index is 14.1. The second-order valence-electron chi connectivity index (χ2n) is 7.41. The molecule has 4 rings (SSSR count). The number of Topliss-reactive ketones (excluding diaryl/α,β-unsaturated/α-hetero) is 1. The molecule has 1 fully saturated rings. The standard InChI is InChI=1S/C25H21FN2O5/c1-32-18-8-9-19(20(12-18)33-2)23(29)21-22(16-6-3-7-17(26)11-16)28(25(31)24(21)30)14-15-5-4-10-27-13-15/h3-13,22,29H,14H2,1-2H3/t22-/m1/s1. The number of nitrogens with zero attached hydrogens (tertiary/aromatic N) is 2. The molecule has 8 heteroatoms. The number of methoxy groups -OCH3 is 2. The van der Waals surface area contributed by atoms with Gasteiger partial charge in [0, 0.05) is 25.0 Å². The molecule has 2 heterocycles. The highest BCUT2D eigenvalue weighted by Crippen LogP contribution is 2.42. The molecule has 1 aliphatic heterocycles. The van der Waals surface area contributed by atoms with Crippen LogP contribution in [0, 0.1) is 5.82 Å². The molecule has 3 aromatic rings. The average Bonchev–Trinajstić information content (AvgIpc) is 3.08. The maximum atomic E-state index is 14.1. The number of aromatic nitrogens is 1.